The summed E-state index contributed by atoms with van der Waals surface area (Å²) in [4.78, 5) is 4.30. The molecule has 1 heterocycles. The summed E-state index contributed by atoms with van der Waals surface area (Å²) >= 11 is 0. The van der Waals surface area contributed by atoms with Gasteiger partial charge >= 0.3 is 0 Å². The summed E-state index contributed by atoms with van der Waals surface area (Å²) in [7, 11) is 1.98. The second-order valence-electron chi connectivity index (χ2n) is 4.47. The van der Waals surface area contributed by atoms with E-state index in [0.29, 0.717) is 6.61 Å². The molecule has 5 nitrogen and oxygen atoms in total. The predicted molar refractivity (Wildman–Crippen MR) is 74.6 cm³/mol. The lowest BCUT2D eigenvalue weighted by Gasteiger charge is -2.16. The molecule has 0 aliphatic heterocycles. The maximum absolute atomic E-state index is 5.66. The second-order valence-corrected chi connectivity index (χ2v) is 4.47. The van der Waals surface area contributed by atoms with Crippen LogP contribution in [0.15, 0.2) is 42.7 Å². The first-order valence-corrected chi connectivity index (χ1v) is 6.40. The van der Waals surface area contributed by atoms with Crippen LogP contribution in [0.2, 0.25) is 0 Å². The molecule has 0 bridgehead atoms. The van der Waals surface area contributed by atoms with Crippen molar-refractivity contribution in [2.24, 2.45) is 12.9 Å². The summed E-state index contributed by atoms with van der Waals surface area (Å²) in [6, 6.07) is 9.94. The molecule has 0 aliphatic rings. The molecule has 0 radical (unpaired) electrons. The molecule has 0 aliphatic carbocycles. The first-order chi connectivity index (χ1) is 9.29. The van der Waals surface area contributed by atoms with E-state index in [1.807, 2.05) is 48.1 Å². The Kier molecular flexibility index (Phi) is 4.94. The zero-order chi connectivity index (χ0) is 13.5. The Bertz CT molecular complexity index is 483. The van der Waals surface area contributed by atoms with Crippen LogP contribution in [0.3, 0.4) is 0 Å². The van der Waals surface area contributed by atoms with Crippen molar-refractivity contribution in [2.75, 3.05) is 6.61 Å². The number of nitrogens with one attached hydrogen (secondary N) is 1. The van der Waals surface area contributed by atoms with Crippen molar-refractivity contribution in [3.63, 3.8) is 0 Å². The van der Waals surface area contributed by atoms with Crippen molar-refractivity contribution in [3.05, 3.63) is 48.5 Å². The smallest absolute Gasteiger partial charge is 0.119 e. The van der Waals surface area contributed by atoms with E-state index in [9.17, 15) is 0 Å². The summed E-state index contributed by atoms with van der Waals surface area (Å²) in [6.07, 6.45) is 5.35. The van der Waals surface area contributed by atoms with E-state index in [2.05, 4.69) is 10.4 Å². The third-order valence-corrected chi connectivity index (χ3v) is 3.06. The normalized spacial score (nSPS) is 12.3. The number of aromatic nitrogens is 2. The van der Waals surface area contributed by atoms with Crippen molar-refractivity contribution >= 4 is 0 Å². The number of hydrazine groups is 1. The lowest BCUT2D eigenvalue weighted by Crippen LogP contribution is -2.38. The van der Waals surface area contributed by atoms with Gasteiger partial charge in [0.2, 0.25) is 0 Å². The van der Waals surface area contributed by atoms with E-state index in [4.69, 9.17) is 10.6 Å². The quantitative estimate of drug-likeness (QED) is 0.581. The van der Waals surface area contributed by atoms with Crippen LogP contribution >= 0.6 is 0 Å². The lowest BCUT2D eigenvalue weighted by atomic mass is 10.1. The van der Waals surface area contributed by atoms with Gasteiger partial charge in [-0.2, -0.15) is 0 Å². The third kappa shape index (κ3) is 4.08. The third-order valence-electron chi connectivity index (χ3n) is 3.06. The molecule has 1 aromatic carbocycles. The van der Waals surface area contributed by atoms with Gasteiger partial charge in [0, 0.05) is 31.9 Å². The van der Waals surface area contributed by atoms with Gasteiger partial charge in [0.25, 0.3) is 0 Å². The molecule has 0 saturated heterocycles. The van der Waals surface area contributed by atoms with Crippen molar-refractivity contribution in [1.29, 1.82) is 0 Å². The Morgan fingerprint density at radius 2 is 2.16 bits per heavy atom. The first-order valence-electron chi connectivity index (χ1n) is 6.40. The number of aryl methyl sites for hydroxylation is 1. The van der Waals surface area contributed by atoms with Gasteiger partial charge < -0.3 is 9.30 Å². The number of ether oxygens (including phenoxy) is 1. The van der Waals surface area contributed by atoms with Crippen LogP contribution in [0.1, 0.15) is 12.2 Å². The SMILES string of the molecule is Cn1ccnc1CC(CCOc1ccccc1)NN. The fourth-order valence-corrected chi connectivity index (χ4v) is 1.89. The molecule has 3 N–H and O–H groups in total. The molecule has 2 aromatic rings. The maximum Gasteiger partial charge on any atom is 0.119 e. The Morgan fingerprint density at radius 3 is 2.79 bits per heavy atom. The van der Waals surface area contributed by atoms with E-state index in [-0.39, 0.29) is 6.04 Å². The van der Waals surface area contributed by atoms with Crippen LogP contribution in [0.5, 0.6) is 5.75 Å². The van der Waals surface area contributed by atoms with Crippen LogP contribution in [0, 0.1) is 0 Å². The molecule has 0 amide bonds. The number of rotatable bonds is 7. The van der Waals surface area contributed by atoms with Crippen LogP contribution < -0.4 is 16.0 Å². The molecule has 1 aromatic heterocycles. The van der Waals surface area contributed by atoms with Crippen LogP contribution in [-0.2, 0) is 13.5 Å². The zero-order valence-corrected chi connectivity index (χ0v) is 11.1. The van der Waals surface area contributed by atoms with Crippen LogP contribution in [0.4, 0.5) is 0 Å². The molecule has 0 spiro atoms. The van der Waals surface area contributed by atoms with Crippen LogP contribution in [-0.4, -0.2) is 22.2 Å². The average molecular weight is 260 g/mol. The van der Waals surface area contributed by atoms with E-state index < -0.39 is 0 Å². The number of para-hydroxylation sites is 1. The van der Waals surface area contributed by atoms with Gasteiger partial charge in [-0.25, -0.2) is 4.98 Å². The molecular formula is C14H20N4O. The van der Waals surface area contributed by atoms with Crippen molar-refractivity contribution < 1.29 is 4.74 Å². The van der Waals surface area contributed by atoms with E-state index in [1.165, 1.54) is 0 Å². The second kappa shape index (κ2) is 6.92. The van der Waals surface area contributed by atoms with E-state index >= 15 is 0 Å². The van der Waals surface area contributed by atoms with E-state index in [0.717, 1.165) is 24.4 Å². The van der Waals surface area contributed by atoms with Crippen LogP contribution in [0.25, 0.3) is 0 Å². The van der Waals surface area contributed by atoms with Gasteiger partial charge in [-0.15, -0.1) is 0 Å². The van der Waals surface area contributed by atoms with Gasteiger partial charge in [-0.3, -0.25) is 11.3 Å². The summed E-state index contributed by atoms with van der Waals surface area (Å²) in [5, 5.41) is 0. The Hall–Kier alpha value is -1.85. The molecule has 0 saturated carbocycles. The number of nitrogens with two attached hydrogens (primary N) is 1. The van der Waals surface area contributed by atoms with Gasteiger partial charge in [0.05, 0.1) is 6.61 Å². The Morgan fingerprint density at radius 1 is 1.37 bits per heavy atom. The Balaban J connectivity index is 1.78. The standard InChI is InChI=1S/C14H20N4O/c1-18-9-8-16-14(18)11-12(17-15)7-10-19-13-5-3-2-4-6-13/h2-6,8-9,12,17H,7,10-11,15H2,1H3. The molecular weight excluding hydrogens is 240 g/mol. The highest BCUT2D eigenvalue weighted by Crippen LogP contribution is 2.09. The highest BCUT2D eigenvalue weighted by molar-refractivity contribution is 5.20. The minimum absolute atomic E-state index is 0.157. The lowest BCUT2D eigenvalue weighted by molar-refractivity contribution is 0.284. The number of nitrogens with zero attached hydrogens (tertiary/aromatic N) is 2. The zero-order valence-electron chi connectivity index (χ0n) is 11.1. The molecule has 19 heavy (non-hydrogen) atoms. The molecule has 1 atom stereocenters. The molecule has 102 valence electrons. The minimum atomic E-state index is 0.157. The van der Waals surface area contributed by atoms with Gasteiger partial charge in [0.1, 0.15) is 11.6 Å². The first kappa shape index (κ1) is 13.6. The van der Waals surface area contributed by atoms with Gasteiger partial charge in [0.15, 0.2) is 0 Å². The average Bonchev–Trinajstić information content (AvgIpc) is 2.84. The molecule has 5 heteroatoms. The topological polar surface area (TPSA) is 65.1 Å². The summed E-state index contributed by atoms with van der Waals surface area (Å²) in [5.74, 6) is 7.48. The molecule has 0 fully saturated rings. The number of hydrogen-bond donors (Lipinski definition) is 2. The molecule has 1 unspecified atom stereocenters. The fourth-order valence-electron chi connectivity index (χ4n) is 1.89. The summed E-state index contributed by atoms with van der Waals surface area (Å²) in [5.41, 5.74) is 2.82. The summed E-state index contributed by atoms with van der Waals surface area (Å²) in [6.45, 7) is 0.628. The van der Waals surface area contributed by atoms with Crippen molar-refractivity contribution in [3.8, 4) is 5.75 Å². The summed E-state index contributed by atoms with van der Waals surface area (Å²) < 4.78 is 7.67. The maximum atomic E-state index is 5.66. The van der Waals surface area contributed by atoms with Crippen molar-refractivity contribution in [2.45, 2.75) is 18.9 Å². The Labute approximate surface area is 113 Å². The van der Waals surface area contributed by atoms with Gasteiger partial charge in [-0.1, -0.05) is 18.2 Å². The van der Waals surface area contributed by atoms with Gasteiger partial charge in [-0.05, 0) is 18.6 Å². The number of hydrogen-bond acceptors (Lipinski definition) is 4. The molecule has 2 rings (SSSR count). The largest absolute Gasteiger partial charge is 0.494 e. The number of imidazole rings is 1. The number of benzene rings is 1. The monoisotopic (exact) mass is 260 g/mol. The van der Waals surface area contributed by atoms with Crippen molar-refractivity contribution in [1.82, 2.24) is 15.0 Å². The predicted octanol–water partition coefficient (Wildman–Crippen LogP) is 1.26. The highest BCUT2D eigenvalue weighted by atomic mass is 16.5. The fraction of sp³-hybridized carbons (Fsp3) is 0.357. The minimum Gasteiger partial charge on any atom is -0.494 e. The highest BCUT2D eigenvalue weighted by Gasteiger charge is 2.10. The van der Waals surface area contributed by atoms with E-state index in [1.54, 1.807) is 6.20 Å².